The van der Waals surface area contributed by atoms with Crippen molar-refractivity contribution in [3.63, 3.8) is 0 Å². The van der Waals surface area contributed by atoms with Gasteiger partial charge in [0.05, 0.1) is 11.1 Å². The number of aromatic nitrogens is 1. The van der Waals surface area contributed by atoms with Crippen molar-refractivity contribution < 1.29 is 9.59 Å². The third kappa shape index (κ3) is 3.37. The molecule has 0 radical (unpaired) electrons. The molecule has 0 aliphatic rings. The van der Waals surface area contributed by atoms with Gasteiger partial charge in [0.1, 0.15) is 0 Å². The largest absolute Gasteiger partial charge is 0.356 e. The highest BCUT2D eigenvalue weighted by molar-refractivity contribution is 6.06. The zero-order valence-electron chi connectivity index (χ0n) is 12.4. The van der Waals surface area contributed by atoms with Gasteiger partial charge in [-0.2, -0.15) is 0 Å². The molecule has 1 heterocycles. The first-order valence-electron chi connectivity index (χ1n) is 6.89. The summed E-state index contributed by atoms with van der Waals surface area (Å²) in [7, 11) is 1.61. The minimum Gasteiger partial charge on any atom is -0.356 e. The molecule has 2 aromatic rings. The molecule has 0 saturated heterocycles. The normalized spacial score (nSPS) is 12.0. The zero-order chi connectivity index (χ0) is 15.4. The summed E-state index contributed by atoms with van der Waals surface area (Å²) < 4.78 is 0. The average Bonchev–Trinajstić information content (AvgIpc) is 2.50. The van der Waals surface area contributed by atoms with Gasteiger partial charge in [-0.05, 0) is 12.1 Å². The Morgan fingerprint density at radius 2 is 2.00 bits per heavy atom. The Morgan fingerprint density at radius 1 is 1.29 bits per heavy atom. The summed E-state index contributed by atoms with van der Waals surface area (Å²) in [6.45, 7) is 3.95. The molecule has 1 aromatic heterocycles. The van der Waals surface area contributed by atoms with Gasteiger partial charge in [0.25, 0.3) is 5.91 Å². The van der Waals surface area contributed by atoms with Gasteiger partial charge < -0.3 is 10.6 Å². The molecular formula is C16H19N3O2. The van der Waals surface area contributed by atoms with Crippen LogP contribution in [0.4, 0.5) is 0 Å². The van der Waals surface area contributed by atoms with E-state index in [1.165, 1.54) is 6.92 Å². The van der Waals surface area contributed by atoms with Gasteiger partial charge in [0.2, 0.25) is 5.91 Å². The lowest BCUT2D eigenvalue weighted by Crippen LogP contribution is -2.25. The number of carbonyl (C=O) groups excluding carboxylic acids is 2. The standard InChI is InChI=1S/C16H19N3O2/c1-10(9-18-11(2)20)15-8-13(16(21)17-3)12-6-4-5-7-14(12)19-15/h4-8,10H,9H2,1-3H3,(H,17,21)(H,18,20). The molecule has 0 fully saturated rings. The molecule has 0 saturated carbocycles. The Bertz CT molecular complexity index is 682. The van der Waals surface area contributed by atoms with E-state index in [1.54, 1.807) is 13.1 Å². The van der Waals surface area contributed by atoms with Crippen molar-refractivity contribution in [2.75, 3.05) is 13.6 Å². The number of para-hydroxylation sites is 1. The van der Waals surface area contributed by atoms with Crippen LogP contribution in [0.1, 0.15) is 35.8 Å². The molecule has 1 unspecified atom stereocenters. The Hall–Kier alpha value is -2.43. The lowest BCUT2D eigenvalue weighted by atomic mass is 10.0. The van der Waals surface area contributed by atoms with Crippen molar-refractivity contribution in [3.05, 3.63) is 41.6 Å². The number of nitrogens with one attached hydrogen (secondary N) is 2. The van der Waals surface area contributed by atoms with E-state index < -0.39 is 0 Å². The van der Waals surface area contributed by atoms with Gasteiger partial charge in [0.15, 0.2) is 0 Å². The van der Waals surface area contributed by atoms with Crippen LogP contribution in [-0.2, 0) is 4.79 Å². The first-order valence-corrected chi connectivity index (χ1v) is 6.89. The van der Waals surface area contributed by atoms with Crippen molar-refractivity contribution in [1.29, 1.82) is 0 Å². The minimum atomic E-state index is -0.137. The molecule has 1 atom stereocenters. The van der Waals surface area contributed by atoms with Crippen LogP contribution in [0, 0.1) is 0 Å². The first kappa shape index (κ1) is 15.0. The Kier molecular flexibility index (Phi) is 4.52. The Morgan fingerprint density at radius 3 is 2.67 bits per heavy atom. The maximum absolute atomic E-state index is 12.1. The number of nitrogens with zero attached hydrogens (tertiary/aromatic N) is 1. The molecule has 110 valence electrons. The number of benzene rings is 1. The van der Waals surface area contributed by atoms with Gasteiger partial charge >= 0.3 is 0 Å². The van der Waals surface area contributed by atoms with E-state index in [9.17, 15) is 9.59 Å². The smallest absolute Gasteiger partial charge is 0.251 e. The lowest BCUT2D eigenvalue weighted by Gasteiger charge is -2.14. The van der Waals surface area contributed by atoms with Gasteiger partial charge in [-0.1, -0.05) is 25.1 Å². The highest BCUT2D eigenvalue weighted by Crippen LogP contribution is 2.22. The van der Waals surface area contributed by atoms with Gasteiger partial charge in [-0.3, -0.25) is 14.6 Å². The summed E-state index contributed by atoms with van der Waals surface area (Å²) >= 11 is 0. The molecule has 0 aliphatic heterocycles. The van der Waals surface area contributed by atoms with Crippen molar-refractivity contribution in [2.24, 2.45) is 0 Å². The molecule has 2 N–H and O–H groups in total. The maximum atomic E-state index is 12.1. The van der Waals surface area contributed by atoms with E-state index in [4.69, 9.17) is 0 Å². The maximum Gasteiger partial charge on any atom is 0.251 e. The molecule has 0 aliphatic carbocycles. The van der Waals surface area contributed by atoms with Crippen LogP contribution < -0.4 is 10.6 Å². The van der Waals surface area contributed by atoms with Crippen molar-refractivity contribution in [1.82, 2.24) is 15.6 Å². The zero-order valence-corrected chi connectivity index (χ0v) is 12.4. The summed E-state index contributed by atoms with van der Waals surface area (Å²) in [5.41, 5.74) is 2.18. The molecule has 2 rings (SSSR count). The first-order chi connectivity index (χ1) is 10.0. The summed E-state index contributed by atoms with van der Waals surface area (Å²) in [6.07, 6.45) is 0. The second-order valence-corrected chi connectivity index (χ2v) is 5.03. The van der Waals surface area contributed by atoms with Crippen molar-refractivity contribution in [3.8, 4) is 0 Å². The molecule has 2 amide bonds. The van der Waals surface area contributed by atoms with E-state index in [0.717, 1.165) is 16.6 Å². The van der Waals surface area contributed by atoms with Crippen molar-refractivity contribution in [2.45, 2.75) is 19.8 Å². The minimum absolute atomic E-state index is 0.0295. The highest BCUT2D eigenvalue weighted by Gasteiger charge is 2.15. The van der Waals surface area contributed by atoms with E-state index in [2.05, 4.69) is 15.6 Å². The Balaban J connectivity index is 2.45. The number of rotatable bonds is 4. The van der Waals surface area contributed by atoms with Crippen LogP contribution in [-0.4, -0.2) is 30.4 Å². The number of fused-ring (bicyclic) bond motifs is 1. The topological polar surface area (TPSA) is 71.1 Å². The second kappa shape index (κ2) is 6.35. The fourth-order valence-corrected chi connectivity index (χ4v) is 2.17. The quantitative estimate of drug-likeness (QED) is 0.900. The summed E-state index contributed by atoms with van der Waals surface area (Å²) in [6, 6.07) is 9.35. The molecule has 21 heavy (non-hydrogen) atoms. The SMILES string of the molecule is CNC(=O)c1cc(C(C)CNC(C)=O)nc2ccccc12. The van der Waals surface area contributed by atoms with Crippen LogP contribution >= 0.6 is 0 Å². The number of hydrogen-bond donors (Lipinski definition) is 2. The van der Waals surface area contributed by atoms with Gasteiger partial charge in [-0.15, -0.1) is 0 Å². The van der Waals surface area contributed by atoms with Gasteiger partial charge in [-0.25, -0.2) is 0 Å². The van der Waals surface area contributed by atoms with E-state index in [1.807, 2.05) is 31.2 Å². The van der Waals surface area contributed by atoms with E-state index in [0.29, 0.717) is 12.1 Å². The predicted octanol–water partition coefficient (Wildman–Crippen LogP) is 1.83. The molecule has 0 bridgehead atoms. The molecular weight excluding hydrogens is 266 g/mol. The van der Waals surface area contributed by atoms with Crippen LogP contribution in [0.5, 0.6) is 0 Å². The molecule has 1 aromatic carbocycles. The number of amides is 2. The molecule has 5 nitrogen and oxygen atoms in total. The van der Waals surface area contributed by atoms with Crippen LogP contribution in [0.15, 0.2) is 30.3 Å². The molecule has 5 heteroatoms. The van der Waals surface area contributed by atoms with Crippen LogP contribution in [0.3, 0.4) is 0 Å². The third-order valence-corrected chi connectivity index (χ3v) is 3.37. The van der Waals surface area contributed by atoms with Crippen molar-refractivity contribution >= 4 is 22.7 Å². The monoisotopic (exact) mass is 285 g/mol. The lowest BCUT2D eigenvalue weighted by molar-refractivity contribution is -0.119. The van der Waals surface area contributed by atoms with E-state index in [-0.39, 0.29) is 17.7 Å². The fourth-order valence-electron chi connectivity index (χ4n) is 2.17. The third-order valence-electron chi connectivity index (χ3n) is 3.37. The van der Waals surface area contributed by atoms with Gasteiger partial charge in [0, 0.05) is 37.5 Å². The predicted molar refractivity (Wildman–Crippen MR) is 82.2 cm³/mol. The number of hydrogen-bond acceptors (Lipinski definition) is 3. The summed E-state index contributed by atoms with van der Waals surface area (Å²) in [4.78, 5) is 27.7. The second-order valence-electron chi connectivity index (χ2n) is 5.03. The van der Waals surface area contributed by atoms with E-state index >= 15 is 0 Å². The number of carbonyl (C=O) groups is 2. The Labute approximate surface area is 123 Å². The number of pyridine rings is 1. The summed E-state index contributed by atoms with van der Waals surface area (Å²) in [5.74, 6) is -0.183. The summed E-state index contributed by atoms with van der Waals surface area (Å²) in [5, 5.41) is 6.25. The highest BCUT2D eigenvalue weighted by atomic mass is 16.2. The average molecular weight is 285 g/mol. The van der Waals surface area contributed by atoms with Crippen LogP contribution in [0.25, 0.3) is 10.9 Å². The fraction of sp³-hybridized carbons (Fsp3) is 0.312. The van der Waals surface area contributed by atoms with Crippen LogP contribution in [0.2, 0.25) is 0 Å². The molecule has 0 spiro atoms.